The SMILES string of the molecule is Cc1ccc(OCCCN(C)C(C)(C)CO)cc1C. The van der Waals surface area contributed by atoms with Crippen molar-refractivity contribution in [3.63, 3.8) is 0 Å². The molecule has 0 fully saturated rings. The summed E-state index contributed by atoms with van der Waals surface area (Å²) in [6, 6.07) is 6.19. The Morgan fingerprint density at radius 2 is 1.89 bits per heavy atom. The topological polar surface area (TPSA) is 32.7 Å². The first-order chi connectivity index (χ1) is 8.86. The lowest BCUT2D eigenvalue weighted by Crippen LogP contribution is -2.44. The summed E-state index contributed by atoms with van der Waals surface area (Å²) in [5.41, 5.74) is 2.38. The third-order valence-electron chi connectivity index (χ3n) is 3.81. The number of nitrogens with zero attached hydrogens (tertiary/aromatic N) is 1. The quantitative estimate of drug-likeness (QED) is 0.770. The van der Waals surface area contributed by atoms with E-state index < -0.39 is 0 Å². The Kier molecular flexibility index (Phi) is 5.83. The predicted octanol–water partition coefficient (Wildman–Crippen LogP) is 2.78. The molecule has 1 rings (SSSR count). The molecule has 1 aromatic rings. The molecule has 0 spiro atoms. The van der Waals surface area contributed by atoms with Crippen LogP contribution < -0.4 is 4.74 Å². The fourth-order valence-electron chi connectivity index (χ4n) is 1.72. The van der Waals surface area contributed by atoms with Crippen molar-refractivity contribution in [2.45, 2.75) is 39.7 Å². The van der Waals surface area contributed by atoms with E-state index in [0.29, 0.717) is 6.61 Å². The molecule has 3 nitrogen and oxygen atoms in total. The van der Waals surface area contributed by atoms with Crippen LogP contribution in [0.4, 0.5) is 0 Å². The first-order valence-corrected chi connectivity index (χ1v) is 6.89. The fraction of sp³-hybridized carbons (Fsp3) is 0.625. The zero-order valence-corrected chi connectivity index (χ0v) is 12.9. The molecule has 0 unspecified atom stereocenters. The molecule has 0 aliphatic rings. The fourth-order valence-corrected chi connectivity index (χ4v) is 1.72. The molecule has 0 atom stereocenters. The van der Waals surface area contributed by atoms with Crippen LogP contribution in [-0.2, 0) is 0 Å². The maximum atomic E-state index is 9.28. The number of rotatable bonds is 7. The van der Waals surface area contributed by atoms with Gasteiger partial charge in [0, 0.05) is 12.1 Å². The van der Waals surface area contributed by atoms with Gasteiger partial charge in [0.2, 0.25) is 0 Å². The minimum atomic E-state index is -0.166. The van der Waals surface area contributed by atoms with Crippen molar-refractivity contribution in [2.24, 2.45) is 0 Å². The number of benzene rings is 1. The average molecular weight is 265 g/mol. The van der Waals surface area contributed by atoms with Crippen molar-refractivity contribution in [1.29, 1.82) is 0 Å². The molecule has 0 aliphatic heterocycles. The van der Waals surface area contributed by atoms with Crippen LogP contribution in [0.15, 0.2) is 18.2 Å². The smallest absolute Gasteiger partial charge is 0.119 e. The third-order valence-corrected chi connectivity index (χ3v) is 3.81. The molecule has 108 valence electrons. The summed E-state index contributed by atoms with van der Waals surface area (Å²) < 4.78 is 5.75. The van der Waals surface area contributed by atoms with Gasteiger partial charge in [-0.2, -0.15) is 0 Å². The first-order valence-electron chi connectivity index (χ1n) is 6.89. The molecule has 3 heteroatoms. The van der Waals surface area contributed by atoms with Crippen LogP contribution in [-0.4, -0.2) is 42.4 Å². The van der Waals surface area contributed by atoms with Crippen LogP contribution in [0.5, 0.6) is 5.75 Å². The summed E-state index contributed by atoms with van der Waals surface area (Å²) in [5, 5.41) is 9.28. The number of aliphatic hydroxyl groups is 1. The van der Waals surface area contributed by atoms with Crippen LogP contribution in [0.25, 0.3) is 0 Å². The summed E-state index contributed by atoms with van der Waals surface area (Å²) in [6.45, 7) is 10.1. The molecule has 0 aliphatic carbocycles. The second-order valence-corrected chi connectivity index (χ2v) is 5.84. The van der Waals surface area contributed by atoms with Crippen molar-refractivity contribution >= 4 is 0 Å². The summed E-state index contributed by atoms with van der Waals surface area (Å²) in [5.74, 6) is 0.937. The van der Waals surface area contributed by atoms with E-state index in [-0.39, 0.29) is 12.1 Å². The van der Waals surface area contributed by atoms with Crippen molar-refractivity contribution in [3.05, 3.63) is 29.3 Å². The van der Waals surface area contributed by atoms with Crippen LogP contribution in [0, 0.1) is 13.8 Å². The van der Waals surface area contributed by atoms with E-state index in [1.807, 2.05) is 27.0 Å². The van der Waals surface area contributed by atoms with Crippen molar-refractivity contribution < 1.29 is 9.84 Å². The Bertz CT molecular complexity index is 402. The molecule has 1 N–H and O–H groups in total. The number of ether oxygens (including phenoxy) is 1. The van der Waals surface area contributed by atoms with Gasteiger partial charge in [-0.25, -0.2) is 0 Å². The normalized spacial score (nSPS) is 11.9. The molecule has 0 heterocycles. The van der Waals surface area contributed by atoms with Gasteiger partial charge in [-0.05, 0) is 64.4 Å². The summed E-state index contributed by atoms with van der Waals surface area (Å²) >= 11 is 0. The molecule has 0 saturated carbocycles. The van der Waals surface area contributed by atoms with Crippen molar-refractivity contribution in [2.75, 3.05) is 26.8 Å². The number of aliphatic hydroxyl groups excluding tert-OH is 1. The van der Waals surface area contributed by atoms with E-state index >= 15 is 0 Å². The Morgan fingerprint density at radius 1 is 1.21 bits per heavy atom. The van der Waals surface area contributed by atoms with Gasteiger partial charge in [-0.1, -0.05) is 6.07 Å². The van der Waals surface area contributed by atoms with Crippen LogP contribution >= 0.6 is 0 Å². The summed E-state index contributed by atoms with van der Waals surface area (Å²) in [4.78, 5) is 2.16. The Morgan fingerprint density at radius 3 is 2.47 bits per heavy atom. The van der Waals surface area contributed by atoms with Crippen molar-refractivity contribution in [1.82, 2.24) is 4.90 Å². The second kappa shape index (κ2) is 6.92. The number of hydrogen-bond acceptors (Lipinski definition) is 3. The number of hydrogen-bond donors (Lipinski definition) is 1. The Hall–Kier alpha value is -1.06. The number of likely N-dealkylation sites (N-methyl/N-ethyl adjacent to an activating group) is 1. The standard InChI is InChI=1S/C16H27NO2/c1-13-7-8-15(11-14(13)2)19-10-6-9-17(5)16(3,4)12-18/h7-8,11,18H,6,9-10,12H2,1-5H3. The molecule has 0 amide bonds. The monoisotopic (exact) mass is 265 g/mol. The van der Waals surface area contributed by atoms with E-state index in [0.717, 1.165) is 18.7 Å². The van der Waals surface area contributed by atoms with Gasteiger partial charge in [-0.15, -0.1) is 0 Å². The highest BCUT2D eigenvalue weighted by atomic mass is 16.5. The molecular weight excluding hydrogens is 238 g/mol. The molecule has 0 radical (unpaired) electrons. The summed E-state index contributed by atoms with van der Waals surface area (Å²) in [7, 11) is 2.03. The van der Waals surface area contributed by atoms with Gasteiger partial charge < -0.3 is 9.84 Å². The lowest BCUT2D eigenvalue weighted by molar-refractivity contribution is 0.0747. The molecule has 1 aromatic carbocycles. The molecule has 19 heavy (non-hydrogen) atoms. The zero-order chi connectivity index (χ0) is 14.5. The highest BCUT2D eigenvalue weighted by molar-refractivity contribution is 5.33. The van der Waals surface area contributed by atoms with Crippen LogP contribution in [0.3, 0.4) is 0 Å². The lowest BCUT2D eigenvalue weighted by atomic mass is 10.1. The average Bonchev–Trinajstić information content (AvgIpc) is 2.38. The highest BCUT2D eigenvalue weighted by Crippen LogP contribution is 2.17. The van der Waals surface area contributed by atoms with Crippen LogP contribution in [0.2, 0.25) is 0 Å². The second-order valence-electron chi connectivity index (χ2n) is 5.84. The van der Waals surface area contributed by atoms with Gasteiger partial charge in [0.25, 0.3) is 0 Å². The third kappa shape index (κ3) is 4.84. The Labute approximate surface area is 117 Å². The number of aryl methyl sites for hydroxylation is 2. The van der Waals surface area contributed by atoms with Gasteiger partial charge in [-0.3, -0.25) is 4.90 Å². The minimum Gasteiger partial charge on any atom is -0.494 e. The van der Waals surface area contributed by atoms with Crippen LogP contribution in [0.1, 0.15) is 31.4 Å². The molecular formula is C16H27NO2. The van der Waals surface area contributed by atoms with E-state index in [1.54, 1.807) is 0 Å². The minimum absolute atomic E-state index is 0.166. The molecule has 0 aromatic heterocycles. The predicted molar refractivity (Wildman–Crippen MR) is 79.8 cm³/mol. The molecule has 0 bridgehead atoms. The van der Waals surface area contributed by atoms with Gasteiger partial charge >= 0.3 is 0 Å². The maximum Gasteiger partial charge on any atom is 0.119 e. The van der Waals surface area contributed by atoms with E-state index in [2.05, 4.69) is 30.9 Å². The van der Waals surface area contributed by atoms with E-state index in [1.165, 1.54) is 11.1 Å². The Balaban J connectivity index is 2.33. The van der Waals surface area contributed by atoms with Gasteiger partial charge in [0.15, 0.2) is 0 Å². The van der Waals surface area contributed by atoms with Gasteiger partial charge in [0.05, 0.1) is 13.2 Å². The maximum absolute atomic E-state index is 9.28. The first kappa shape index (κ1) is 16.0. The lowest BCUT2D eigenvalue weighted by Gasteiger charge is -2.33. The zero-order valence-electron chi connectivity index (χ0n) is 12.9. The van der Waals surface area contributed by atoms with E-state index in [4.69, 9.17) is 4.74 Å². The largest absolute Gasteiger partial charge is 0.494 e. The summed E-state index contributed by atoms with van der Waals surface area (Å²) in [6.07, 6.45) is 0.951. The van der Waals surface area contributed by atoms with Crippen molar-refractivity contribution in [3.8, 4) is 5.75 Å². The van der Waals surface area contributed by atoms with Gasteiger partial charge in [0.1, 0.15) is 5.75 Å². The molecule has 0 saturated heterocycles. The van der Waals surface area contributed by atoms with E-state index in [9.17, 15) is 5.11 Å². The highest BCUT2D eigenvalue weighted by Gasteiger charge is 2.21.